The summed E-state index contributed by atoms with van der Waals surface area (Å²) in [4.78, 5) is 1.54. The average molecular weight is 260 g/mol. The van der Waals surface area contributed by atoms with Crippen LogP contribution in [0.5, 0.6) is 0 Å². The van der Waals surface area contributed by atoms with E-state index in [0.717, 1.165) is 6.07 Å². The molecule has 17 heavy (non-hydrogen) atoms. The number of nitrogens with one attached hydrogen (secondary N) is 1. The van der Waals surface area contributed by atoms with Crippen LogP contribution in [-0.2, 0) is 10.0 Å². The van der Waals surface area contributed by atoms with Gasteiger partial charge in [-0.2, -0.15) is 0 Å². The number of benzene rings is 1. The van der Waals surface area contributed by atoms with Crippen molar-refractivity contribution in [3.8, 4) is 0 Å². The first-order valence-electron chi connectivity index (χ1n) is 5.24. The third-order valence-corrected chi connectivity index (χ3v) is 3.74. The second-order valence-electron chi connectivity index (χ2n) is 4.22. The van der Waals surface area contributed by atoms with Crippen molar-refractivity contribution in [2.45, 2.75) is 17.9 Å². The van der Waals surface area contributed by atoms with Gasteiger partial charge in [0.1, 0.15) is 10.7 Å². The van der Waals surface area contributed by atoms with Gasteiger partial charge in [-0.15, -0.1) is 0 Å². The van der Waals surface area contributed by atoms with Crippen molar-refractivity contribution in [3.05, 3.63) is 30.1 Å². The molecule has 0 heterocycles. The van der Waals surface area contributed by atoms with E-state index >= 15 is 0 Å². The summed E-state index contributed by atoms with van der Waals surface area (Å²) >= 11 is 0. The Kier molecular flexibility index (Phi) is 4.62. The summed E-state index contributed by atoms with van der Waals surface area (Å²) in [5.74, 6) is -0.739. The van der Waals surface area contributed by atoms with Gasteiger partial charge in [-0.3, -0.25) is 0 Å². The van der Waals surface area contributed by atoms with Crippen LogP contribution < -0.4 is 4.72 Å². The Balaban J connectivity index is 2.86. The predicted octanol–water partition coefficient (Wildman–Crippen LogP) is 1.05. The summed E-state index contributed by atoms with van der Waals surface area (Å²) in [6, 6.07) is 5.05. The van der Waals surface area contributed by atoms with Crippen LogP contribution in [0.1, 0.15) is 6.92 Å². The van der Waals surface area contributed by atoms with Crippen LogP contribution in [0.25, 0.3) is 0 Å². The largest absolute Gasteiger partial charge is 0.308 e. The van der Waals surface area contributed by atoms with E-state index in [1.807, 2.05) is 19.0 Å². The Hall–Kier alpha value is -0.980. The summed E-state index contributed by atoms with van der Waals surface area (Å²) < 4.78 is 39.6. The van der Waals surface area contributed by atoms with Crippen LogP contribution >= 0.6 is 0 Å². The quantitative estimate of drug-likeness (QED) is 0.861. The fraction of sp³-hybridized carbons (Fsp3) is 0.455. The molecule has 0 saturated carbocycles. The van der Waals surface area contributed by atoms with Gasteiger partial charge >= 0.3 is 0 Å². The topological polar surface area (TPSA) is 49.4 Å². The Morgan fingerprint density at radius 2 is 1.94 bits per heavy atom. The molecule has 1 aromatic rings. The highest BCUT2D eigenvalue weighted by molar-refractivity contribution is 7.89. The summed E-state index contributed by atoms with van der Waals surface area (Å²) in [5.41, 5.74) is 0. The number of sulfonamides is 1. The van der Waals surface area contributed by atoms with Gasteiger partial charge in [0, 0.05) is 12.6 Å². The fourth-order valence-corrected chi connectivity index (χ4v) is 2.89. The van der Waals surface area contributed by atoms with E-state index in [1.54, 1.807) is 6.92 Å². The molecule has 1 aromatic carbocycles. The summed E-state index contributed by atoms with van der Waals surface area (Å²) in [7, 11) is -0.105. The lowest BCUT2D eigenvalue weighted by Gasteiger charge is -2.18. The maximum Gasteiger partial charge on any atom is 0.243 e. The zero-order chi connectivity index (χ0) is 13.1. The highest BCUT2D eigenvalue weighted by atomic mass is 32.2. The third-order valence-electron chi connectivity index (χ3n) is 2.12. The second kappa shape index (κ2) is 5.57. The molecule has 1 N–H and O–H groups in total. The monoisotopic (exact) mass is 260 g/mol. The zero-order valence-electron chi connectivity index (χ0n) is 10.1. The van der Waals surface area contributed by atoms with Gasteiger partial charge in [-0.25, -0.2) is 17.5 Å². The Bertz CT molecular complexity index is 474. The van der Waals surface area contributed by atoms with Gasteiger partial charge in [-0.05, 0) is 33.2 Å². The number of likely N-dealkylation sites (N-methyl/N-ethyl adjacent to an activating group) is 1. The summed E-state index contributed by atoms with van der Waals surface area (Å²) in [6.45, 7) is 2.28. The van der Waals surface area contributed by atoms with Gasteiger partial charge < -0.3 is 4.90 Å². The molecule has 1 atom stereocenters. The van der Waals surface area contributed by atoms with E-state index in [4.69, 9.17) is 0 Å². The maximum absolute atomic E-state index is 13.4. The lowest BCUT2D eigenvalue weighted by Crippen LogP contribution is -2.39. The minimum Gasteiger partial charge on any atom is -0.308 e. The summed E-state index contributed by atoms with van der Waals surface area (Å²) in [5, 5.41) is 0. The van der Waals surface area contributed by atoms with Crippen molar-refractivity contribution in [2.75, 3.05) is 20.6 Å². The molecule has 1 unspecified atom stereocenters. The smallest absolute Gasteiger partial charge is 0.243 e. The number of hydrogen-bond donors (Lipinski definition) is 1. The third kappa shape index (κ3) is 4.07. The van der Waals surface area contributed by atoms with E-state index in [-0.39, 0.29) is 10.9 Å². The molecule has 0 aliphatic rings. The fourth-order valence-electron chi connectivity index (χ4n) is 1.58. The molecular formula is C11H17FN2O2S. The number of nitrogens with zero attached hydrogens (tertiary/aromatic N) is 1. The Morgan fingerprint density at radius 3 is 2.47 bits per heavy atom. The Morgan fingerprint density at radius 1 is 1.35 bits per heavy atom. The van der Waals surface area contributed by atoms with Gasteiger partial charge in [0.25, 0.3) is 0 Å². The van der Waals surface area contributed by atoms with Crippen molar-refractivity contribution < 1.29 is 12.8 Å². The van der Waals surface area contributed by atoms with Crippen LogP contribution in [-0.4, -0.2) is 40.0 Å². The van der Waals surface area contributed by atoms with Crippen molar-refractivity contribution >= 4 is 10.0 Å². The molecule has 0 amide bonds. The normalized spacial score (nSPS) is 13.9. The van der Waals surface area contributed by atoms with Crippen LogP contribution in [0.15, 0.2) is 29.2 Å². The average Bonchev–Trinajstić information content (AvgIpc) is 2.15. The molecule has 96 valence electrons. The molecule has 0 saturated heterocycles. The first kappa shape index (κ1) is 14.1. The Labute approximate surface area is 101 Å². The van der Waals surface area contributed by atoms with Crippen molar-refractivity contribution in [2.24, 2.45) is 0 Å². The molecule has 0 bridgehead atoms. The van der Waals surface area contributed by atoms with Gasteiger partial charge in [0.2, 0.25) is 10.0 Å². The molecule has 6 heteroatoms. The SMILES string of the molecule is CC(CN(C)C)NS(=O)(=O)c1ccccc1F. The molecule has 0 fully saturated rings. The highest BCUT2D eigenvalue weighted by Crippen LogP contribution is 2.13. The lowest BCUT2D eigenvalue weighted by atomic mass is 10.3. The van der Waals surface area contributed by atoms with E-state index < -0.39 is 15.8 Å². The van der Waals surface area contributed by atoms with E-state index in [9.17, 15) is 12.8 Å². The molecule has 0 radical (unpaired) electrons. The molecule has 4 nitrogen and oxygen atoms in total. The molecule has 0 aliphatic carbocycles. The molecule has 0 aliphatic heterocycles. The van der Waals surface area contributed by atoms with E-state index in [2.05, 4.69) is 4.72 Å². The van der Waals surface area contributed by atoms with Crippen molar-refractivity contribution in [1.82, 2.24) is 9.62 Å². The van der Waals surface area contributed by atoms with Gasteiger partial charge in [0.15, 0.2) is 0 Å². The number of halogens is 1. The molecule has 1 rings (SSSR count). The first-order valence-corrected chi connectivity index (χ1v) is 6.73. The van der Waals surface area contributed by atoms with Crippen molar-refractivity contribution in [3.63, 3.8) is 0 Å². The zero-order valence-corrected chi connectivity index (χ0v) is 11.0. The molecule has 0 aromatic heterocycles. The second-order valence-corrected chi connectivity index (χ2v) is 5.90. The molecular weight excluding hydrogens is 243 g/mol. The maximum atomic E-state index is 13.4. The standard InChI is InChI=1S/C11H17FN2O2S/c1-9(8-14(2)3)13-17(15,16)11-7-5-4-6-10(11)12/h4-7,9,13H,8H2,1-3H3. The number of rotatable bonds is 5. The van der Waals surface area contributed by atoms with Crippen LogP contribution in [0.4, 0.5) is 4.39 Å². The highest BCUT2D eigenvalue weighted by Gasteiger charge is 2.20. The van der Waals surface area contributed by atoms with Crippen molar-refractivity contribution in [1.29, 1.82) is 0 Å². The molecule has 0 spiro atoms. The van der Waals surface area contributed by atoms with E-state index in [1.165, 1.54) is 18.2 Å². The first-order chi connectivity index (χ1) is 7.83. The van der Waals surface area contributed by atoms with Gasteiger partial charge in [0.05, 0.1) is 0 Å². The summed E-state index contributed by atoms with van der Waals surface area (Å²) in [6.07, 6.45) is 0. The number of hydrogen-bond acceptors (Lipinski definition) is 3. The van der Waals surface area contributed by atoms with Crippen LogP contribution in [0.3, 0.4) is 0 Å². The van der Waals surface area contributed by atoms with Crippen LogP contribution in [0, 0.1) is 5.82 Å². The predicted molar refractivity (Wildman–Crippen MR) is 64.7 cm³/mol. The van der Waals surface area contributed by atoms with E-state index in [0.29, 0.717) is 6.54 Å². The minimum atomic E-state index is -3.79. The van der Waals surface area contributed by atoms with Gasteiger partial charge in [-0.1, -0.05) is 12.1 Å². The minimum absolute atomic E-state index is 0.283. The van der Waals surface area contributed by atoms with Crippen LogP contribution in [0.2, 0.25) is 0 Å². The lowest BCUT2D eigenvalue weighted by molar-refractivity contribution is 0.370.